The largest absolute Gasteiger partial charge is 0.497 e. The number of halogens is 2. The standard InChI is InChI=1S/C17H19ClFNO/c1-20-16(17-14(18)4-3-5-15(17)19)11-8-12-6-9-13(21-2)10-7-12/h3-7,9-10,16,20H,8,11H2,1-2H3. The van der Waals surface area contributed by atoms with E-state index in [0.29, 0.717) is 10.6 Å². The molecular weight excluding hydrogens is 289 g/mol. The molecular formula is C17H19ClFNO. The molecule has 0 aromatic heterocycles. The van der Waals surface area contributed by atoms with Gasteiger partial charge in [-0.3, -0.25) is 0 Å². The highest BCUT2D eigenvalue weighted by Crippen LogP contribution is 2.28. The zero-order valence-corrected chi connectivity index (χ0v) is 13.0. The molecule has 0 aliphatic carbocycles. The number of nitrogens with one attached hydrogen (secondary N) is 1. The van der Waals surface area contributed by atoms with Crippen molar-refractivity contribution in [2.24, 2.45) is 0 Å². The summed E-state index contributed by atoms with van der Waals surface area (Å²) in [5.74, 6) is 0.567. The molecule has 2 nitrogen and oxygen atoms in total. The molecule has 0 aliphatic rings. The van der Waals surface area contributed by atoms with Crippen molar-refractivity contribution in [1.29, 1.82) is 0 Å². The number of hydrogen-bond donors (Lipinski definition) is 1. The summed E-state index contributed by atoms with van der Waals surface area (Å²) in [6, 6.07) is 12.6. The second-order valence-corrected chi connectivity index (χ2v) is 5.27. The van der Waals surface area contributed by atoms with Crippen molar-refractivity contribution in [3.05, 3.63) is 64.4 Å². The van der Waals surface area contributed by atoms with E-state index in [2.05, 4.69) is 5.32 Å². The van der Waals surface area contributed by atoms with E-state index in [1.165, 1.54) is 11.6 Å². The fourth-order valence-corrected chi connectivity index (χ4v) is 2.67. The van der Waals surface area contributed by atoms with Crippen molar-refractivity contribution in [2.45, 2.75) is 18.9 Å². The van der Waals surface area contributed by atoms with Gasteiger partial charge >= 0.3 is 0 Å². The van der Waals surface area contributed by atoms with Crippen molar-refractivity contribution in [1.82, 2.24) is 5.32 Å². The lowest BCUT2D eigenvalue weighted by atomic mass is 9.98. The second kappa shape index (κ2) is 7.43. The van der Waals surface area contributed by atoms with Crippen LogP contribution in [0.25, 0.3) is 0 Å². The molecule has 0 saturated carbocycles. The zero-order valence-electron chi connectivity index (χ0n) is 12.2. The summed E-state index contributed by atoms with van der Waals surface area (Å²) in [6.45, 7) is 0. The second-order valence-electron chi connectivity index (χ2n) is 4.86. The van der Waals surface area contributed by atoms with Gasteiger partial charge in [0.15, 0.2) is 0 Å². The number of methoxy groups -OCH3 is 1. The summed E-state index contributed by atoms with van der Waals surface area (Å²) < 4.78 is 19.1. The molecule has 0 amide bonds. The van der Waals surface area contributed by atoms with Crippen LogP contribution in [0.1, 0.15) is 23.6 Å². The van der Waals surface area contributed by atoms with Gasteiger partial charge in [0.2, 0.25) is 0 Å². The van der Waals surface area contributed by atoms with Gasteiger partial charge in [-0.1, -0.05) is 29.8 Å². The third kappa shape index (κ3) is 3.96. The summed E-state index contributed by atoms with van der Waals surface area (Å²) in [5.41, 5.74) is 1.72. The molecule has 1 N–H and O–H groups in total. The Kier molecular flexibility index (Phi) is 5.59. The van der Waals surface area contributed by atoms with Gasteiger partial charge in [-0.25, -0.2) is 4.39 Å². The summed E-state index contributed by atoms with van der Waals surface area (Å²) in [6.07, 6.45) is 1.60. The smallest absolute Gasteiger partial charge is 0.129 e. The van der Waals surface area contributed by atoms with Crippen LogP contribution in [0.4, 0.5) is 4.39 Å². The van der Waals surface area contributed by atoms with Crippen molar-refractivity contribution >= 4 is 11.6 Å². The Morgan fingerprint density at radius 1 is 1.19 bits per heavy atom. The fourth-order valence-electron chi connectivity index (χ4n) is 2.38. The molecule has 2 aromatic rings. The average Bonchev–Trinajstić information content (AvgIpc) is 2.50. The van der Waals surface area contributed by atoms with Gasteiger partial charge < -0.3 is 10.1 Å². The zero-order chi connectivity index (χ0) is 15.2. The molecule has 0 bridgehead atoms. The summed E-state index contributed by atoms with van der Waals surface area (Å²) in [7, 11) is 3.47. The summed E-state index contributed by atoms with van der Waals surface area (Å²) >= 11 is 6.13. The van der Waals surface area contributed by atoms with Crippen LogP contribution in [0, 0.1) is 5.82 Å². The van der Waals surface area contributed by atoms with Crippen molar-refractivity contribution in [2.75, 3.05) is 14.2 Å². The molecule has 1 unspecified atom stereocenters. The maximum Gasteiger partial charge on any atom is 0.129 e. The summed E-state index contributed by atoms with van der Waals surface area (Å²) in [4.78, 5) is 0. The van der Waals surface area contributed by atoms with Gasteiger partial charge in [0.1, 0.15) is 11.6 Å². The normalized spacial score (nSPS) is 12.2. The highest BCUT2D eigenvalue weighted by molar-refractivity contribution is 6.31. The van der Waals surface area contributed by atoms with E-state index in [9.17, 15) is 4.39 Å². The van der Waals surface area contributed by atoms with Crippen LogP contribution in [0.3, 0.4) is 0 Å². The van der Waals surface area contributed by atoms with Gasteiger partial charge in [0.05, 0.1) is 7.11 Å². The highest BCUT2D eigenvalue weighted by Gasteiger charge is 2.17. The molecule has 0 saturated heterocycles. The molecule has 0 spiro atoms. The third-order valence-electron chi connectivity index (χ3n) is 3.58. The quantitative estimate of drug-likeness (QED) is 0.855. The first-order chi connectivity index (χ1) is 10.2. The number of benzene rings is 2. The van der Waals surface area contributed by atoms with E-state index >= 15 is 0 Å². The first-order valence-electron chi connectivity index (χ1n) is 6.89. The van der Waals surface area contributed by atoms with Gasteiger partial charge in [0.25, 0.3) is 0 Å². The van der Waals surface area contributed by atoms with E-state index in [-0.39, 0.29) is 11.9 Å². The molecule has 0 fully saturated rings. The highest BCUT2D eigenvalue weighted by atomic mass is 35.5. The van der Waals surface area contributed by atoms with E-state index in [0.717, 1.165) is 18.6 Å². The van der Waals surface area contributed by atoms with Crippen LogP contribution in [0.5, 0.6) is 5.75 Å². The van der Waals surface area contributed by atoms with Gasteiger partial charge in [-0.15, -0.1) is 0 Å². The van der Waals surface area contributed by atoms with Crippen molar-refractivity contribution < 1.29 is 9.13 Å². The molecule has 4 heteroatoms. The minimum absolute atomic E-state index is 0.110. The van der Waals surface area contributed by atoms with Crippen molar-refractivity contribution in [3.63, 3.8) is 0 Å². The lowest BCUT2D eigenvalue weighted by molar-refractivity contribution is 0.414. The maximum absolute atomic E-state index is 14.0. The maximum atomic E-state index is 14.0. The van der Waals surface area contributed by atoms with Crippen LogP contribution >= 0.6 is 11.6 Å². The Morgan fingerprint density at radius 2 is 1.90 bits per heavy atom. The lowest BCUT2D eigenvalue weighted by Crippen LogP contribution is -2.19. The van der Waals surface area contributed by atoms with Gasteiger partial charge in [-0.2, -0.15) is 0 Å². The predicted molar refractivity (Wildman–Crippen MR) is 84.5 cm³/mol. The van der Waals surface area contributed by atoms with Crippen LogP contribution in [-0.2, 0) is 6.42 Å². The van der Waals surface area contributed by atoms with Gasteiger partial charge in [-0.05, 0) is 49.7 Å². The minimum atomic E-state index is -0.267. The lowest BCUT2D eigenvalue weighted by Gasteiger charge is -2.18. The molecule has 0 radical (unpaired) electrons. The molecule has 2 aromatic carbocycles. The van der Waals surface area contributed by atoms with Crippen LogP contribution in [-0.4, -0.2) is 14.2 Å². The Morgan fingerprint density at radius 3 is 2.48 bits per heavy atom. The number of hydrogen-bond acceptors (Lipinski definition) is 2. The number of rotatable bonds is 6. The Bertz CT molecular complexity index is 566. The molecule has 0 heterocycles. The van der Waals surface area contributed by atoms with Crippen LogP contribution in [0.2, 0.25) is 5.02 Å². The SMILES string of the molecule is CNC(CCc1ccc(OC)cc1)c1c(F)cccc1Cl. The summed E-state index contributed by atoms with van der Waals surface area (Å²) in [5, 5.41) is 3.61. The van der Waals surface area contributed by atoms with E-state index in [1.54, 1.807) is 19.2 Å². The Hall–Kier alpha value is -1.58. The average molecular weight is 308 g/mol. The third-order valence-corrected chi connectivity index (χ3v) is 3.91. The van der Waals surface area contributed by atoms with Crippen LogP contribution in [0.15, 0.2) is 42.5 Å². The predicted octanol–water partition coefficient (Wildman–Crippen LogP) is 4.38. The van der Waals surface area contributed by atoms with E-state index in [1.807, 2.05) is 31.3 Å². The van der Waals surface area contributed by atoms with E-state index < -0.39 is 0 Å². The Labute approximate surface area is 129 Å². The molecule has 2 rings (SSSR count). The van der Waals surface area contributed by atoms with Gasteiger partial charge in [0, 0.05) is 16.6 Å². The molecule has 0 aliphatic heterocycles. The first kappa shape index (κ1) is 15.8. The number of ether oxygens (including phenoxy) is 1. The Balaban J connectivity index is 2.08. The first-order valence-corrected chi connectivity index (χ1v) is 7.27. The van der Waals surface area contributed by atoms with Crippen LogP contribution < -0.4 is 10.1 Å². The fraction of sp³-hybridized carbons (Fsp3) is 0.294. The van der Waals surface area contributed by atoms with E-state index in [4.69, 9.17) is 16.3 Å². The molecule has 112 valence electrons. The minimum Gasteiger partial charge on any atom is -0.497 e. The number of aryl methyl sites for hydroxylation is 1. The topological polar surface area (TPSA) is 21.3 Å². The monoisotopic (exact) mass is 307 g/mol. The molecule has 1 atom stereocenters. The molecule has 21 heavy (non-hydrogen) atoms. The van der Waals surface area contributed by atoms with Crippen molar-refractivity contribution in [3.8, 4) is 5.75 Å².